The van der Waals surface area contributed by atoms with Crippen LogP contribution < -0.4 is 5.32 Å². The summed E-state index contributed by atoms with van der Waals surface area (Å²) in [6.45, 7) is 5.71. The van der Waals surface area contributed by atoms with Crippen LogP contribution in [0.4, 0.5) is 0 Å². The van der Waals surface area contributed by atoms with E-state index in [-0.39, 0.29) is 19.4 Å². The van der Waals surface area contributed by atoms with Crippen molar-refractivity contribution < 1.29 is 49.3 Å². The van der Waals surface area contributed by atoms with E-state index in [2.05, 4.69) is 99.0 Å². The van der Waals surface area contributed by atoms with Crippen molar-refractivity contribution in [3.05, 3.63) is 85.1 Å². The third kappa shape index (κ3) is 53.7. The quantitative estimate of drug-likeness (QED) is 0.0195. The van der Waals surface area contributed by atoms with Crippen LogP contribution >= 0.6 is 0 Å². The Morgan fingerprint density at radius 3 is 1.19 bits per heavy atom. The van der Waals surface area contributed by atoms with Gasteiger partial charge in [0.05, 0.1) is 25.4 Å². The minimum atomic E-state index is -1.62. The molecule has 0 saturated carbocycles. The van der Waals surface area contributed by atoms with Gasteiger partial charge in [0.25, 0.3) is 0 Å². The number of carbonyl (C=O) groups is 2. The predicted octanol–water partition coefficient (Wildman–Crippen LogP) is 20.4. The summed E-state index contributed by atoms with van der Waals surface area (Å²) in [4.78, 5) is 26.7. The second-order valence-electron chi connectivity index (χ2n) is 26.4. The van der Waals surface area contributed by atoms with Gasteiger partial charge >= 0.3 is 5.97 Å². The molecule has 0 aromatic heterocycles. The zero-order chi connectivity index (χ0) is 66.0. The molecule has 1 amide bonds. The highest BCUT2D eigenvalue weighted by molar-refractivity contribution is 5.80. The minimum absolute atomic E-state index is 0.122. The molecule has 1 heterocycles. The first kappa shape index (κ1) is 85.9. The van der Waals surface area contributed by atoms with Crippen molar-refractivity contribution in [2.24, 2.45) is 0 Å². The van der Waals surface area contributed by atoms with Gasteiger partial charge in [-0.15, -0.1) is 0 Å². The number of aliphatic hydroxyl groups excluding tert-OH is 5. The Morgan fingerprint density at radius 2 is 0.791 bits per heavy atom. The summed E-state index contributed by atoms with van der Waals surface area (Å²) in [5.41, 5.74) is 0. The average molecular weight is 1280 g/mol. The molecule has 0 aromatic rings. The third-order valence-electron chi connectivity index (χ3n) is 17.8. The van der Waals surface area contributed by atoms with Crippen LogP contribution in [0, 0.1) is 0 Å². The van der Waals surface area contributed by atoms with Crippen molar-refractivity contribution in [2.75, 3.05) is 13.2 Å². The van der Waals surface area contributed by atoms with Crippen LogP contribution in [0.3, 0.4) is 0 Å². The van der Waals surface area contributed by atoms with E-state index in [1.54, 1.807) is 6.08 Å². The Balaban J connectivity index is 2.55. The van der Waals surface area contributed by atoms with Gasteiger partial charge in [-0.05, 0) is 77.0 Å². The number of rotatable bonds is 66. The normalized spacial score (nSPS) is 18.4. The fourth-order valence-electron chi connectivity index (χ4n) is 11.8. The lowest BCUT2D eigenvalue weighted by molar-refractivity contribution is -0.305. The van der Waals surface area contributed by atoms with Crippen LogP contribution in [0.2, 0.25) is 0 Å². The molecule has 1 aliphatic heterocycles. The first-order valence-electron chi connectivity index (χ1n) is 38.4. The lowest BCUT2D eigenvalue weighted by atomic mass is 9.99. The number of allylic oxidation sites excluding steroid dienone is 13. The molecule has 1 aliphatic rings. The second-order valence-corrected chi connectivity index (χ2v) is 26.4. The summed E-state index contributed by atoms with van der Waals surface area (Å²) in [5, 5.41) is 57.3. The van der Waals surface area contributed by atoms with E-state index in [1.165, 1.54) is 205 Å². The molecule has 91 heavy (non-hydrogen) atoms. The third-order valence-corrected chi connectivity index (χ3v) is 17.8. The Labute approximate surface area is 559 Å². The second kappa shape index (κ2) is 66.8. The zero-order valence-electron chi connectivity index (χ0n) is 59.0. The van der Waals surface area contributed by atoms with Gasteiger partial charge in [0, 0.05) is 6.42 Å². The summed E-state index contributed by atoms with van der Waals surface area (Å²) < 4.78 is 17.7. The van der Waals surface area contributed by atoms with E-state index in [1.807, 2.05) is 6.08 Å². The molecule has 0 aliphatic carbocycles. The number of hydrogen-bond acceptors (Lipinski definition) is 10. The van der Waals surface area contributed by atoms with Crippen LogP contribution in [0.15, 0.2) is 85.1 Å². The SMILES string of the molecule is CC/C=C\C/C=C\C/C=C\C/C=C\C/C=C\C/C=C\CCCCCC(O)C(=O)NC(COC1OC(CO)C(O)C(O)C1OC(=O)CCCCCCCCCCCCCCCCCCCCCCCCCCCCC)C(O)/C=C/CCCCCCCCCCCCC. The van der Waals surface area contributed by atoms with Crippen molar-refractivity contribution in [1.82, 2.24) is 5.32 Å². The fourth-order valence-corrected chi connectivity index (χ4v) is 11.8. The van der Waals surface area contributed by atoms with E-state index in [0.717, 1.165) is 96.3 Å². The summed E-state index contributed by atoms with van der Waals surface area (Å²) in [6, 6.07) is -1.04. The van der Waals surface area contributed by atoms with E-state index >= 15 is 0 Å². The molecular weight excluding hydrogens is 1130 g/mol. The summed E-state index contributed by atoms with van der Waals surface area (Å²) >= 11 is 0. The zero-order valence-corrected chi connectivity index (χ0v) is 59.0. The average Bonchev–Trinajstić information content (AvgIpc) is 1.05. The molecule has 6 N–H and O–H groups in total. The lowest BCUT2D eigenvalue weighted by Crippen LogP contribution is -2.61. The van der Waals surface area contributed by atoms with Crippen LogP contribution in [-0.2, 0) is 23.8 Å². The molecule has 1 saturated heterocycles. The molecule has 0 spiro atoms. The van der Waals surface area contributed by atoms with Crippen molar-refractivity contribution in [2.45, 2.75) is 397 Å². The fraction of sp³-hybridized carbons (Fsp3) is 0.800. The van der Waals surface area contributed by atoms with Crippen LogP contribution in [0.25, 0.3) is 0 Å². The highest BCUT2D eigenvalue weighted by Crippen LogP contribution is 2.27. The Hall–Kier alpha value is -3.16. The molecule has 11 heteroatoms. The topological polar surface area (TPSA) is 175 Å². The largest absolute Gasteiger partial charge is 0.454 e. The molecular formula is C80H143NO10. The van der Waals surface area contributed by atoms with Gasteiger partial charge in [0.15, 0.2) is 12.4 Å². The number of ether oxygens (including phenoxy) is 3. The van der Waals surface area contributed by atoms with Crippen LogP contribution in [0.5, 0.6) is 0 Å². The van der Waals surface area contributed by atoms with Gasteiger partial charge < -0.3 is 45.1 Å². The molecule has 11 nitrogen and oxygen atoms in total. The summed E-state index contributed by atoms with van der Waals surface area (Å²) in [6.07, 6.45) is 79.2. The molecule has 1 fully saturated rings. The van der Waals surface area contributed by atoms with Crippen molar-refractivity contribution >= 4 is 11.9 Å². The number of hydrogen-bond donors (Lipinski definition) is 6. The smallest absolute Gasteiger partial charge is 0.306 e. The highest BCUT2D eigenvalue weighted by Gasteiger charge is 2.47. The predicted molar refractivity (Wildman–Crippen MR) is 384 cm³/mol. The van der Waals surface area contributed by atoms with Crippen LogP contribution in [-0.4, -0.2) is 99.6 Å². The van der Waals surface area contributed by atoms with E-state index in [4.69, 9.17) is 14.2 Å². The van der Waals surface area contributed by atoms with Gasteiger partial charge in [-0.2, -0.15) is 0 Å². The molecule has 0 aromatic carbocycles. The van der Waals surface area contributed by atoms with Gasteiger partial charge in [-0.25, -0.2) is 0 Å². The Morgan fingerprint density at radius 1 is 0.440 bits per heavy atom. The number of carbonyl (C=O) groups excluding carboxylic acids is 2. The molecule has 528 valence electrons. The van der Waals surface area contributed by atoms with E-state index in [9.17, 15) is 35.1 Å². The first-order valence-corrected chi connectivity index (χ1v) is 38.4. The van der Waals surface area contributed by atoms with Crippen molar-refractivity contribution in [1.29, 1.82) is 0 Å². The minimum Gasteiger partial charge on any atom is -0.454 e. The molecule has 8 unspecified atom stereocenters. The number of aliphatic hydroxyl groups is 5. The lowest BCUT2D eigenvalue weighted by Gasteiger charge is -2.41. The Kier molecular flexibility index (Phi) is 63.1. The van der Waals surface area contributed by atoms with Crippen molar-refractivity contribution in [3.8, 4) is 0 Å². The van der Waals surface area contributed by atoms with Gasteiger partial charge in [0.1, 0.15) is 24.4 Å². The maximum Gasteiger partial charge on any atom is 0.306 e. The van der Waals surface area contributed by atoms with E-state index in [0.29, 0.717) is 12.8 Å². The molecule has 8 atom stereocenters. The molecule has 0 radical (unpaired) electrons. The summed E-state index contributed by atoms with van der Waals surface area (Å²) in [5.74, 6) is -1.21. The highest BCUT2D eigenvalue weighted by atomic mass is 16.7. The maximum atomic E-state index is 13.5. The molecule has 0 bridgehead atoms. The first-order chi connectivity index (χ1) is 44.7. The monoisotopic (exact) mass is 1280 g/mol. The molecule has 1 rings (SSSR count). The van der Waals surface area contributed by atoms with Crippen molar-refractivity contribution in [3.63, 3.8) is 0 Å². The number of esters is 1. The van der Waals surface area contributed by atoms with E-state index < -0.39 is 67.4 Å². The summed E-state index contributed by atoms with van der Waals surface area (Å²) in [7, 11) is 0. The maximum absolute atomic E-state index is 13.5. The number of nitrogens with one attached hydrogen (secondary N) is 1. The van der Waals surface area contributed by atoms with Gasteiger partial charge in [0.2, 0.25) is 5.91 Å². The standard InChI is InChI=1S/C80H143NO10/c1-4-7-10-13-16-19-22-25-27-29-31-33-35-36-37-38-39-41-43-45-47-50-53-56-59-62-65-68-75(85)91-78-77(87)76(86)74(69-82)90-80(78)89-70-71(72(83)66-63-60-57-54-51-48-24-21-18-15-12-9-6-3)81-79(88)73(84)67-64-61-58-55-52-49-46-44-42-40-34-32-30-28-26-23-20-17-14-11-8-5-2/h8,11,17,20,26,28,32,34,42,44,49,52,63,66,71-74,76-78,80,82-84,86-87H,4-7,9-10,12-16,18-19,21-25,27,29-31,33,35-41,43,45-48,50-51,53-62,64-65,67-70H2,1-3H3,(H,81,88)/b11-8-,20-17-,28-26-,34-32-,44-42-,52-49-,66-63+. The number of amides is 1. The van der Waals surface area contributed by atoms with Crippen LogP contribution in [0.1, 0.15) is 348 Å². The Bertz CT molecular complexity index is 1810. The number of unbranched alkanes of at least 4 members (excludes halogenated alkanes) is 40. The van der Waals surface area contributed by atoms with Gasteiger partial charge in [-0.1, -0.05) is 350 Å². The van der Waals surface area contributed by atoms with Gasteiger partial charge in [-0.3, -0.25) is 9.59 Å².